The van der Waals surface area contributed by atoms with E-state index in [1.165, 1.54) is 0 Å². The molecule has 0 amide bonds. The Morgan fingerprint density at radius 1 is 1.42 bits per heavy atom. The molecule has 19 heavy (non-hydrogen) atoms. The fourth-order valence-electron chi connectivity index (χ4n) is 2.66. The molecule has 0 saturated carbocycles. The van der Waals surface area contributed by atoms with E-state index in [-0.39, 0.29) is 0 Å². The molecular formula is C14H22N2O2S. The van der Waals surface area contributed by atoms with E-state index >= 15 is 0 Å². The molecule has 0 spiro atoms. The summed E-state index contributed by atoms with van der Waals surface area (Å²) in [7, 11) is -3.38. The molecule has 1 aromatic carbocycles. The standard InChI is InChI=1S/C14H22N2O2S/c1-11-5-4-8-16(10-11)19(17,18)14-7-3-6-13(9-15)12(14)2/h3,6-7,11H,4-5,8-10,15H2,1-2H3. The molecule has 1 unspecified atom stereocenters. The van der Waals surface area contributed by atoms with E-state index in [1.54, 1.807) is 16.4 Å². The quantitative estimate of drug-likeness (QED) is 0.920. The third-order valence-electron chi connectivity index (χ3n) is 3.85. The van der Waals surface area contributed by atoms with Gasteiger partial charge >= 0.3 is 0 Å². The lowest BCUT2D eigenvalue weighted by atomic mass is 10.0. The smallest absolute Gasteiger partial charge is 0.243 e. The van der Waals surface area contributed by atoms with Crippen molar-refractivity contribution in [2.45, 2.75) is 38.1 Å². The third kappa shape index (κ3) is 2.83. The molecule has 0 aromatic heterocycles. The maximum Gasteiger partial charge on any atom is 0.243 e. The predicted octanol–water partition coefficient (Wildman–Crippen LogP) is 1.87. The Balaban J connectivity index is 2.39. The van der Waals surface area contributed by atoms with E-state index in [0.29, 0.717) is 30.4 Å². The van der Waals surface area contributed by atoms with Gasteiger partial charge in [-0.05, 0) is 42.9 Å². The van der Waals surface area contributed by atoms with E-state index in [1.807, 2.05) is 13.0 Å². The maximum absolute atomic E-state index is 12.7. The first-order valence-corrected chi connectivity index (χ1v) is 8.19. The van der Waals surface area contributed by atoms with Crippen LogP contribution in [0.3, 0.4) is 0 Å². The van der Waals surface area contributed by atoms with Crippen LogP contribution >= 0.6 is 0 Å². The van der Waals surface area contributed by atoms with Crippen LogP contribution in [0.25, 0.3) is 0 Å². The number of sulfonamides is 1. The zero-order valence-electron chi connectivity index (χ0n) is 11.6. The van der Waals surface area contributed by atoms with Crippen LogP contribution < -0.4 is 5.73 Å². The van der Waals surface area contributed by atoms with Crippen molar-refractivity contribution in [3.8, 4) is 0 Å². The molecule has 0 aliphatic carbocycles. The van der Waals surface area contributed by atoms with E-state index < -0.39 is 10.0 Å². The minimum Gasteiger partial charge on any atom is -0.326 e. The second-order valence-corrected chi connectivity index (χ2v) is 7.26. The van der Waals surface area contributed by atoms with Crippen molar-refractivity contribution in [2.75, 3.05) is 13.1 Å². The van der Waals surface area contributed by atoms with Gasteiger partial charge < -0.3 is 5.73 Å². The highest BCUT2D eigenvalue weighted by atomic mass is 32.2. The van der Waals surface area contributed by atoms with Gasteiger partial charge in [0.25, 0.3) is 0 Å². The van der Waals surface area contributed by atoms with E-state index in [2.05, 4.69) is 6.92 Å². The van der Waals surface area contributed by atoms with E-state index in [0.717, 1.165) is 24.0 Å². The molecule has 5 heteroatoms. The summed E-state index contributed by atoms with van der Waals surface area (Å²) in [5.74, 6) is 0.432. The Labute approximate surface area is 115 Å². The highest BCUT2D eigenvalue weighted by molar-refractivity contribution is 7.89. The zero-order valence-corrected chi connectivity index (χ0v) is 12.4. The van der Waals surface area contributed by atoms with E-state index in [4.69, 9.17) is 5.73 Å². The molecule has 2 N–H and O–H groups in total. The molecule has 106 valence electrons. The Morgan fingerprint density at radius 2 is 2.16 bits per heavy atom. The summed E-state index contributed by atoms with van der Waals surface area (Å²) in [5, 5.41) is 0. The summed E-state index contributed by atoms with van der Waals surface area (Å²) in [4.78, 5) is 0.407. The topological polar surface area (TPSA) is 63.4 Å². The molecule has 2 rings (SSSR count). The summed E-state index contributed by atoms with van der Waals surface area (Å²) in [5.41, 5.74) is 7.33. The lowest BCUT2D eigenvalue weighted by Crippen LogP contribution is -2.39. The van der Waals surface area contributed by atoms with Gasteiger partial charge in [-0.25, -0.2) is 8.42 Å². The van der Waals surface area contributed by atoms with Gasteiger partial charge in [0, 0.05) is 19.6 Å². The average Bonchev–Trinajstić information content (AvgIpc) is 2.38. The van der Waals surface area contributed by atoms with Crippen molar-refractivity contribution < 1.29 is 8.42 Å². The third-order valence-corrected chi connectivity index (χ3v) is 5.86. The molecule has 1 heterocycles. The zero-order chi connectivity index (χ0) is 14.0. The molecule has 1 fully saturated rings. The minimum absolute atomic E-state index is 0.367. The lowest BCUT2D eigenvalue weighted by molar-refractivity contribution is 0.281. The molecule has 1 aromatic rings. The molecule has 0 bridgehead atoms. The lowest BCUT2D eigenvalue weighted by Gasteiger charge is -2.30. The van der Waals surface area contributed by atoms with Crippen molar-refractivity contribution in [2.24, 2.45) is 11.7 Å². The molecule has 1 saturated heterocycles. The second-order valence-electron chi connectivity index (χ2n) is 5.35. The molecule has 1 atom stereocenters. The predicted molar refractivity (Wildman–Crippen MR) is 76.2 cm³/mol. The second kappa shape index (κ2) is 5.61. The van der Waals surface area contributed by atoms with Crippen molar-refractivity contribution in [3.05, 3.63) is 29.3 Å². The number of piperidine rings is 1. The number of hydrogen-bond acceptors (Lipinski definition) is 3. The monoisotopic (exact) mass is 282 g/mol. The van der Waals surface area contributed by atoms with E-state index in [9.17, 15) is 8.42 Å². The van der Waals surface area contributed by atoms with Gasteiger partial charge in [-0.15, -0.1) is 0 Å². The maximum atomic E-state index is 12.7. The number of hydrogen-bond donors (Lipinski definition) is 1. The number of benzene rings is 1. The van der Waals surface area contributed by atoms with Crippen molar-refractivity contribution in [1.82, 2.24) is 4.31 Å². The Bertz CT molecular complexity index is 555. The molecule has 4 nitrogen and oxygen atoms in total. The Kier molecular flexibility index (Phi) is 4.28. The van der Waals surface area contributed by atoms with Gasteiger partial charge in [0.05, 0.1) is 4.90 Å². The molecule has 1 aliphatic heterocycles. The fraction of sp³-hybridized carbons (Fsp3) is 0.571. The van der Waals surface area contributed by atoms with Gasteiger partial charge in [-0.1, -0.05) is 19.1 Å². The first-order chi connectivity index (χ1) is 8.96. The van der Waals surface area contributed by atoms with Crippen LogP contribution in [0.5, 0.6) is 0 Å². The van der Waals surface area contributed by atoms with Crippen LogP contribution in [-0.2, 0) is 16.6 Å². The normalized spacial score (nSPS) is 21.5. The summed E-state index contributed by atoms with van der Waals surface area (Å²) in [6, 6.07) is 5.34. The number of nitrogens with two attached hydrogens (primary N) is 1. The minimum atomic E-state index is -3.38. The van der Waals surface area contributed by atoms with Gasteiger partial charge in [-0.2, -0.15) is 4.31 Å². The fourth-order valence-corrected chi connectivity index (χ4v) is 4.53. The molecule has 1 aliphatic rings. The van der Waals surface area contributed by atoms with Crippen LogP contribution in [0.15, 0.2) is 23.1 Å². The van der Waals surface area contributed by atoms with Crippen molar-refractivity contribution >= 4 is 10.0 Å². The highest BCUT2D eigenvalue weighted by Crippen LogP contribution is 2.26. The Morgan fingerprint density at radius 3 is 2.79 bits per heavy atom. The van der Waals surface area contributed by atoms with Crippen LogP contribution in [-0.4, -0.2) is 25.8 Å². The van der Waals surface area contributed by atoms with Gasteiger partial charge in [0.2, 0.25) is 10.0 Å². The highest BCUT2D eigenvalue weighted by Gasteiger charge is 2.29. The number of nitrogens with zero attached hydrogens (tertiary/aromatic N) is 1. The van der Waals surface area contributed by atoms with Gasteiger partial charge in [0.15, 0.2) is 0 Å². The van der Waals surface area contributed by atoms with Crippen molar-refractivity contribution in [3.63, 3.8) is 0 Å². The molecule has 0 radical (unpaired) electrons. The summed E-state index contributed by atoms with van der Waals surface area (Å²) in [6.45, 7) is 5.55. The first kappa shape index (κ1) is 14.5. The molecular weight excluding hydrogens is 260 g/mol. The Hall–Kier alpha value is -0.910. The van der Waals surface area contributed by atoms with Gasteiger partial charge in [-0.3, -0.25) is 0 Å². The van der Waals surface area contributed by atoms with Crippen LogP contribution in [0.1, 0.15) is 30.9 Å². The van der Waals surface area contributed by atoms with Crippen LogP contribution in [0, 0.1) is 12.8 Å². The summed E-state index contributed by atoms with van der Waals surface area (Å²) in [6.07, 6.45) is 2.05. The SMILES string of the molecule is Cc1c(CN)cccc1S(=O)(=O)N1CCCC(C)C1. The largest absolute Gasteiger partial charge is 0.326 e. The van der Waals surface area contributed by atoms with Crippen molar-refractivity contribution in [1.29, 1.82) is 0 Å². The average molecular weight is 282 g/mol. The van der Waals surface area contributed by atoms with Crippen LogP contribution in [0.4, 0.5) is 0 Å². The van der Waals surface area contributed by atoms with Crippen LogP contribution in [0.2, 0.25) is 0 Å². The summed E-state index contributed by atoms with van der Waals surface area (Å²) >= 11 is 0. The van der Waals surface area contributed by atoms with Gasteiger partial charge in [0.1, 0.15) is 0 Å². The number of rotatable bonds is 3. The summed E-state index contributed by atoms with van der Waals surface area (Å²) < 4.78 is 27.0. The first-order valence-electron chi connectivity index (χ1n) is 6.75.